The Balaban J connectivity index is 1.69. The zero-order valence-electron chi connectivity index (χ0n) is 11.5. The SMILES string of the molecule is O=C(c1cccc([N+](=O)[O-])c1)N1CCC2(CC1)OCCO2. The standard InChI is InChI=1S/C14H16N2O5/c17-13(11-2-1-3-12(10-11)16(18)19)15-6-4-14(5-7-15)20-8-9-21-14/h1-3,10H,4-9H2. The normalized spacial score (nSPS) is 20.7. The van der Waals surface area contributed by atoms with Crippen molar-refractivity contribution in [1.82, 2.24) is 4.90 Å². The van der Waals surface area contributed by atoms with Crippen molar-refractivity contribution >= 4 is 11.6 Å². The van der Waals surface area contributed by atoms with Gasteiger partial charge in [0.15, 0.2) is 5.79 Å². The number of ether oxygens (including phenoxy) is 2. The number of nitro groups is 1. The van der Waals surface area contributed by atoms with E-state index in [2.05, 4.69) is 0 Å². The Hall–Kier alpha value is -1.99. The summed E-state index contributed by atoms with van der Waals surface area (Å²) in [5.41, 5.74) is 0.269. The van der Waals surface area contributed by atoms with Crippen LogP contribution in [0.15, 0.2) is 24.3 Å². The zero-order chi connectivity index (χ0) is 14.9. The summed E-state index contributed by atoms with van der Waals surface area (Å²) < 4.78 is 11.2. The summed E-state index contributed by atoms with van der Waals surface area (Å²) in [6.45, 7) is 2.25. The smallest absolute Gasteiger partial charge is 0.270 e. The Labute approximate surface area is 121 Å². The number of nitrogens with zero attached hydrogens (tertiary/aromatic N) is 2. The third-order valence-corrected chi connectivity index (χ3v) is 3.93. The van der Waals surface area contributed by atoms with Gasteiger partial charge in [-0.15, -0.1) is 0 Å². The molecular weight excluding hydrogens is 276 g/mol. The first-order valence-electron chi connectivity index (χ1n) is 6.91. The van der Waals surface area contributed by atoms with E-state index in [1.165, 1.54) is 18.2 Å². The molecule has 0 radical (unpaired) electrons. The van der Waals surface area contributed by atoms with Crippen LogP contribution >= 0.6 is 0 Å². The zero-order valence-corrected chi connectivity index (χ0v) is 11.5. The minimum atomic E-state index is -0.528. The number of carbonyl (C=O) groups excluding carboxylic acids is 1. The van der Waals surface area contributed by atoms with Gasteiger partial charge in [-0.05, 0) is 6.07 Å². The molecule has 0 saturated carbocycles. The molecule has 0 atom stereocenters. The van der Waals surface area contributed by atoms with Gasteiger partial charge < -0.3 is 14.4 Å². The Kier molecular flexibility index (Phi) is 3.60. The first-order valence-corrected chi connectivity index (χ1v) is 6.91. The molecule has 7 nitrogen and oxygen atoms in total. The van der Waals surface area contributed by atoms with Gasteiger partial charge in [-0.3, -0.25) is 14.9 Å². The van der Waals surface area contributed by atoms with E-state index in [4.69, 9.17) is 9.47 Å². The molecule has 1 amide bonds. The third kappa shape index (κ3) is 2.74. The van der Waals surface area contributed by atoms with Crippen LogP contribution in [0.2, 0.25) is 0 Å². The summed E-state index contributed by atoms with van der Waals surface area (Å²) in [7, 11) is 0. The molecule has 0 aromatic heterocycles. The van der Waals surface area contributed by atoms with Crippen LogP contribution in [0.3, 0.4) is 0 Å². The van der Waals surface area contributed by atoms with E-state index in [-0.39, 0.29) is 11.6 Å². The fourth-order valence-corrected chi connectivity index (χ4v) is 2.77. The number of likely N-dealkylation sites (tertiary alicyclic amines) is 1. The molecule has 2 saturated heterocycles. The van der Waals surface area contributed by atoms with E-state index in [9.17, 15) is 14.9 Å². The van der Waals surface area contributed by atoms with Gasteiger partial charge in [0.2, 0.25) is 0 Å². The highest BCUT2D eigenvalue weighted by atomic mass is 16.7. The van der Waals surface area contributed by atoms with Crippen LogP contribution in [0, 0.1) is 10.1 Å². The van der Waals surface area contributed by atoms with Crippen molar-refractivity contribution in [3.63, 3.8) is 0 Å². The van der Waals surface area contributed by atoms with Gasteiger partial charge in [-0.25, -0.2) is 0 Å². The fourth-order valence-electron chi connectivity index (χ4n) is 2.77. The van der Waals surface area contributed by atoms with Crippen molar-refractivity contribution in [2.75, 3.05) is 26.3 Å². The Morgan fingerprint density at radius 2 is 1.90 bits per heavy atom. The summed E-state index contributed by atoms with van der Waals surface area (Å²) >= 11 is 0. The van der Waals surface area contributed by atoms with Crippen LogP contribution in [0.4, 0.5) is 5.69 Å². The summed E-state index contributed by atoms with van der Waals surface area (Å²) in [4.78, 5) is 24.4. The molecule has 0 bridgehead atoms. The number of benzene rings is 1. The fraction of sp³-hybridized carbons (Fsp3) is 0.500. The molecule has 1 spiro atoms. The van der Waals surface area contributed by atoms with Gasteiger partial charge in [0.05, 0.1) is 18.1 Å². The van der Waals surface area contributed by atoms with Gasteiger partial charge in [-0.2, -0.15) is 0 Å². The largest absolute Gasteiger partial charge is 0.347 e. The number of piperidine rings is 1. The lowest BCUT2D eigenvalue weighted by atomic mass is 10.0. The minimum absolute atomic E-state index is 0.0724. The molecule has 2 fully saturated rings. The highest BCUT2D eigenvalue weighted by molar-refractivity contribution is 5.94. The number of hydrogen-bond donors (Lipinski definition) is 0. The molecule has 7 heteroatoms. The van der Waals surface area contributed by atoms with Crippen LogP contribution in [-0.2, 0) is 9.47 Å². The van der Waals surface area contributed by atoms with E-state index >= 15 is 0 Å². The Bertz CT molecular complexity index is 558. The van der Waals surface area contributed by atoms with Crippen molar-refractivity contribution < 1.29 is 19.2 Å². The van der Waals surface area contributed by atoms with Crippen LogP contribution in [0.25, 0.3) is 0 Å². The summed E-state index contributed by atoms with van der Waals surface area (Å²) in [6, 6.07) is 5.82. The van der Waals surface area contributed by atoms with Gasteiger partial charge in [0.25, 0.3) is 11.6 Å². The van der Waals surface area contributed by atoms with E-state index < -0.39 is 10.7 Å². The van der Waals surface area contributed by atoms with Crippen LogP contribution in [0.5, 0.6) is 0 Å². The molecule has 0 aliphatic carbocycles. The average Bonchev–Trinajstić information content (AvgIpc) is 2.96. The first kappa shape index (κ1) is 14.0. The van der Waals surface area contributed by atoms with Gasteiger partial charge in [0, 0.05) is 43.6 Å². The molecule has 1 aromatic rings. The molecule has 1 aromatic carbocycles. The Morgan fingerprint density at radius 3 is 2.52 bits per heavy atom. The second-order valence-corrected chi connectivity index (χ2v) is 5.21. The highest BCUT2D eigenvalue weighted by Crippen LogP contribution is 2.31. The lowest BCUT2D eigenvalue weighted by molar-refractivity contribution is -0.384. The molecule has 0 unspecified atom stereocenters. The van der Waals surface area contributed by atoms with Gasteiger partial charge >= 0.3 is 0 Å². The van der Waals surface area contributed by atoms with Crippen LogP contribution < -0.4 is 0 Å². The molecule has 3 rings (SSSR count). The van der Waals surface area contributed by atoms with Crippen molar-refractivity contribution in [2.45, 2.75) is 18.6 Å². The predicted octanol–water partition coefficient (Wildman–Crippen LogP) is 1.57. The molecule has 2 aliphatic rings. The van der Waals surface area contributed by atoms with E-state index in [0.717, 1.165) is 0 Å². The summed E-state index contributed by atoms with van der Waals surface area (Å²) in [6.07, 6.45) is 1.27. The number of rotatable bonds is 2. The third-order valence-electron chi connectivity index (χ3n) is 3.93. The maximum Gasteiger partial charge on any atom is 0.270 e. The predicted molar refractivity (Wildman–Crippen MR) is 72.9 cm³/mol. The molecular formula is C14H16N2O5. The van der Waals surface area contributed by atoms with Crippen molar-refractivity contribution in [1.29, 1.82) is 0 Å². The monoisotopic (exact) mass is 292 g/mol. The number of amides is 1. The van der Waals surface area contributed by atoms with Crippen molar-refractivity contribution in [2.24, 2.45) is 0 Å². The minimum Gasteiger partial charge on any atom is -0.347 e. The lowest BCUT2D eigenvalue weighted by Crippen LogP contribution is -2.47. The number of hydrogen-bond acceptors (Lipinski definition) is 5. The molecule has 2 heterocycles. The van der Waals surface area contributed by atoms with Crippen LogP contribution in [-0.4, -0.2) is 47.8 Å². The molecule has 0 N–H and O–H groups in total. The Morgan fingerprint density at radius 1 is 1.24 bits per heavy atom. The maximum absolute atomic E-state index is 12.4. The van der Waals surface area contributed by atoms with E-state index in [1.807, 2.05) is 0 Å². The summed E-state index contributed by atoms with van der Waals surface area (Å²) in [5, 5.41) is 10.8. The van der Waals surface area contributed by atoms with E-state index in [0.29, 0.717) is 44.7 Å². The van der Waals surface area contributed by atoms with E-state index in [1.54, 1.807) is 11.0 Å². The number of nitro benzene ring substituents is 1. The maximum atomic E-state index is 12.4. The van der Waals surface area contributed by atoms with Gasteiger partial charge in [0.1, 0.15) is 0 Å². The molecule has 21 heavy (non-hydrogen) atoms. The van der Waals surface area contributed by atoms with Crippen LogP contribution in [0.1, 0.15) is 23.2 Å². The second kappa shape index (κ2) is 5.42. The highest BCUT2D eigenvalue weighted by Gasteiger charge is 2.40. The van der Waals surface area contributed by atoms with Crippen molar-refractivity contribution in [3.05, 3.63) is 39.9 Å². The molecule has 2 aliphatic heterocycles. The second-order valence-electron chi connectivity index (χ2n) is 5.21. The number of non-ortho nitro benzene ring substituents is 1. The van der Waals surface area contributed by atoms with Crippen molar-refractivity contribution in [3.8, 4) is 0 Å². The summed E-state index contributed by atoms with van der Waals surface area (Å²) in [5.74, 6) is -0.717. The topological polar surface area (TPSA) is 81.9 Å². The molecule has 112 valence electrons. The average molecular weight is 292 g/mol. The first-order chi connectivity index (χ1) is 10.1. The number of carbonyl (C=O) groups is 1. The van der Waals surface area contributed by atoms with Gasteiger partial charge in [-0.1, -0.05) is 6.07 Å². The quantitative estimate of drug-likeness (QED) is 0.610. The lowest BCUT2D eigenvalue weighted by Gasteiger charge is -2.37.